The number of hydrogen-bond acceptors (Lipinski definition) is 5. The number of ether oxygens (including phenoxy) is 1. The van der Waals surface area contributed by atoms with E-state index >= 15 is 0 Å². The fourth-order valence-corrected chi connectivity index (χ4v) is 3.74. The lowest BCUT2D eigenvalue weighted by Gasteiger charge is -2.07. The first-order valence-electron chi connectivity index (χ1n) is 11.0. The minimum Gasteiger partial charge on any atom is -0.452 e. The van der Waals surface area contributed by atoms with Crippen molar-refractivity contribution < 1.29 is 14.3 Å². The molecule has 0 saturated heterocycles. The lowest BCUT2D eigenvalue weighted by atomic mass is 10.1. The van der Waals surface area contributed by atoms with Crippen molar-refractivity contribution in [2.24, 2.45) is 0 Å². The molecule has 7 heteroatoms. The summed E-state index contributed by atoms with van der Waals surface area (Å²) in [7, 11) is 0. The van der Waals surface area contributed by atoms with Crippen molar-refractivity contribution in [3.05, 3.63) is 101 Å². The summed E-state index contributed by atoms with van der Waals surface area (Å²) in [5.41, 5.74) is 5.56. The molecule has 0 aliphatic heterocycles. The molecule has 34 heavy (non-hydrogen) atoms. The minimum absolute atomic E-state index is 0.320. The summed E-state index contributed by atoms with van der Waals surface area (Å²) in [5, 5.41) is 8.39. The van der Waals surface area contributed by atoms with Gasteiger partial charge < -0.3 is 10.1 Å². The van der Waals surface area contributed by atoms with Crippen molar-refractivity contribution in [1.29, 1.82) is 0 Å². The van der Waals surface area contributed by atoms with E-state index in [-0.39, 0.29) is 12.5 Å². The maximum atomic E-state index is 12.2. The van der Waals surface area contributed by atoms with Crippen LogP contribution in [0.25, 0.3) is 17.0 Å². The summed E-state index contributed by atoms with van der Waals surface area (Å²) in [5.74, 6) is -0.964. The van der Waals surface area contributed by atoms with E-state index in [9.17, 15) is 9.59 Å². The molecule has 0 radical (unpaired) electrons. The number of hydrogen-bond donors (Lipinski definition) is 1. The smallest absolute Gasteiger partial charge is 0.331 e. The zero-order valence-electron chi connectivity index (χ0n) is 19.2. The van der Waals surface area contributed by atoms with Gasteiger partial charge in [0.1, 0.15) is 0 Å². The molecule has 0 aliphatic carbocycles. The topological polar surface area (TPSA) is 86.1 Å². The highest BCUT2D eigenvalue weighted by atomic mass is 16.5. The van der Waals surface area contributed by atoms with Gasteiger partial charge in [0.05, 0.1) is 17.8 Å². The van der Waals surface area contributed by atoms with Crippen LogP contribution in [0, 0.1) is 13.8 Å². The number of aromatic nitrogens is 3. The average Bonchev–Trinajstić information content (AvgIpc) is 3.12. The van der Waals surface area contributed by atoms with Gasteiger partial charge in [0, 0.05) is 41.0 Å². The largest absolute Gasteiger partial charge is 0.452 e. The quantitative estimate of drug-likeness (QED) is 0.322. The molecular formula is C27H26N4O3. The molecule has 0 bridgehead atoms. The van der Waals surface area contributed by atoms with E-state index in [2.05, 4.69) is 27.5 Å². The number of carbonyl (C=O) groups is 2. The first-order chi connectivity index (χ1) is 16.5. The molecule has 1 N–H and O–H groups in total. The van der Waals surface area contributed by atoms with E-state index in [1.807, 2.05) is 67.1 Å². The molecule has 7 nitrogen and oxygen atoms in total. The molecule has 0 aliphatic rings. The third-order valence-electron chi connectivity index (χ3n) is 5.58. The van der Waals surface area contributed by atoms with Crippen molar-refractivity contribution in [2.75, 3.05) is 6.61 Å². The van der Waals surface area contributed by atoms with Crippen molar-refractivity contribution in [3.63, 3.8) is 0 Å². The zero-order chi connectivity index (χ0) is 23.9. The Hall–Kier alpha value is -4.26. The summed E-state index contributed by atoms with van der Waals surface area (Å²) in [6, 6.07) is 19.6. The van der Waals surface area contributed by atoms with Crippen LogP contribution in [0.15, 0.2) is 72.9 Å². The molecule has 4 aromatic rings. The number of rotatable bonds is 8. The fraction of sp³-hybridized carbons (Fsp3) is 0.185. The van der Waals surface area contributed by atoms with Gasteiger partial charge in [-0.25, -0.2) is 4.79 Å². The molecule has 2 heterocycles. The Kier molecular flexibility index (Phi) is 7.13. The second kappa shape index (κ2) is 10.6. The highest BCUT2D eigenvalue weighted by Gasteiger charge is 2.13. The molecule has 4 rings (SSSR count). The fourth-order valence-electron chi connectivity index (χ4n) is 3.74. The molecule has 0 unspecified atom stereocenters. The zero-order valence-corrected chi connectivity index (χ0v) is 19.2. The number of para-hydroxylation sites is 1. The standard InChI is InChI=1S/C27H26N4O3/c1-19-24(20(2)31(30-19)17-21-8-4-3-5-9-21)16-29-25(32)18-34-26(33)14-13-23-11-6-10-22-12-7-15-28-27(22)23/h3-15H,16-18H2,1-2H3,(H,29,32)/b14-13+. The van der Waals surface area contributed by atoms with Gasteiger partial charge in [-0.3, -0.25) is 14.5 Å². The van der Waals surface area contributed by atoms with E-state index in [1.165, 1.54) is 6.08 Å². The maximum Gasteiger partial charge on any atom is 0.331 e. The SMILES string of the molecule is Cc1nn(Cc2ccccc2)c(C)c1CNC(=O)COC(=O)/C=C/c1cccc2cccnc12. The summed E-state index contributed by atoms with van der Waals surface area (Å²) in [6.07, 6.45) is 4.65. The summed E-state index contributed by atoms with van der Waals surface area (Å²) < 4.78 is 7.02. The monoisotopic (exact) mass is 454 g/mol. The Morgan fingerprint density at radius 1 is 1.03 bits per heavy atom. The van der Waals surface area contributed by atoms with Crippen molar-refractivity contribution in [1.82, 2.24) is 20.1 Å². The lowest BCUT2D eigenvalue weighted by molar-refractivity contribution is -0.143. The van der Waals surface area contributed by atoms with Gasteiger partial charge >= 0.3 is 5.97 Å². The highest BCUT2D eigenvalue weighted by Crippen LogP contribution is 2.17. The summed E-state index contributed by atoms with van der Waals surface area (Å²) in [6.45, 7) is 4.53. The minimum atomic E-state index is -0.592. The highest BCUT2D eigenvalue weighted by molar-refractivity contribution is 5.93. The Bertz CT molecular complexity index is 1340. The van der Waals surface area contributed by atoms with E-state index < -0.39 is 5.97 Å². The Balaban J connectivity index is 1.29. The third kappa shape index (κ3) is 5.56. The molecule has 0 fully saturated rings. The predicted molar refractivity (Wildman–Crippen MR) is 131 cm³/mol. The van der Waals surface area contributed by atoms with E-state index in [0.717, 1.165) is 39.0 Å². The first-order valence-corrected chi connectivity index (χ1v) is 11.0. The number of benzene rings is 2. The summed E-state index contributed by atoms with van der Waals surface area (Å²) >= 11 is 0. The lowest BCUT2D eigenvalue weighted by Crippen LogP contribution is -2.28. The van der Waals surface area contributed by atoms with Crippen LogP contribution in [0.2, 0.25) is 0 Å². The van der Waals surface area contributed by atoms with Gasteiger partial charge in [0.2, 0.25) is 0 Å². The predicted octanol–water partition coefficient (Wildman–Crippen LogP) is 3.97. The van der Waals surface area contributed by atoms with Crippen LogP contribution in [0.1, 0.15) is 28.1 Å². The van der Waals surface area contributed by atoms with Crippen molar-refractivity contribution in [2.45, 2.75) is 26.9 Å². The van der Waals surface area contributed by atoms with Crippen LogP contribution in [0.3, 0.4) is 0 Å². The van der Waals surface area contributed by atoms with E-state index in [0.29, 0.717) is 13.1 Å². The van der Waals surface area contributed by atoms with E-state index in [1.54, 1.807) is 12.3 Å². The van der Waals surface area contributed by atoms with Crippen LogP contribution < -0.4 is 5.32 Å². The van der Waals surface area contributed by atoms with Crippen LogP contribution >= 0.6 is 0 Å². The van der Waals surface area contributed by atoms with Crippen LogP contribution in [0.4, 0.5) is 0 Å². The molecule has 1 amide bonds. The number of fused-ring (bicyclic) bond motifs is 1. The maximum absolute atomic E-state index is 12.2. The molecule has 2 aromatic heterocycles. The number of amides is 1. The van der Waals surface area contributed by atoms with Gasteiger partial charge in [0.15, 0.2) is 6.61 Å². The van der Waals surface area contributed by atoms with Gasteiger partial charge in [-0.15, -0.1) is 0 Å². The number of nitrogens with one attached hydrogen (secondary N) is 1. The Labute approximate surface area is 198 Å². The average molecular weight is 455 g/mol. The van der Waals surface area contributed by atoms with Gasteiger partial charge in [0.25, 0.3) is 5.91 Å². The summed E-state index contributed by atoms with van der Waals surface area (Å²) in [4.78, 5) is 28.7. The van der Waals surface area contributed by atoms with Gasteiger partial charge in [-0.1, -0.05) is 54.6 Å². The second-order valence-electron chi connectivity index (χ2n) is 7.93. The molecule has 172 valence electrons. The number of pyridine rings is 1. The Morgan fingerprint density at radius 2 is 1.82 bits per heavy atom. The first kappa shape index (κ1) is 22.9. The second-order valence-corrected chi connectivity index (χ2v) is 7.93. The third-order valence-corrected chi connectivity index (χ3v) is 5.58. The molecule has 0 atom stereocenters. The van der Waals surface area contributed by atoms with Crippen LogP contribution in [-0.4, -0.2) is 33.2 Å². The van der Waals surface area contributed by atoms with Crippen LogP contribution in [-0.2, 0) is 27.4 Å². The Morgan fingerprint density at radius 3 is 2.65 bits per heavy atom. The molecule has 0 spiro atoms. The van der Waals surface area contributed by atoms with Crippen molar-refractivity contribution >= 4 is 28.9 Å². The van der Waals surface area contributed by atoms with Gasteiger partial charge in [-0.05, 0) is 31.6 Å². The number of nitrogens with zero attached hydrogens (tertiary/aromatic N) is 3. The molecule has 0 saturated carbocycles. The molecular weight excluding hydrogens is 428 g/mol. The van der Waals surface area contributed by atoms with Gasteiger partial charge in [-0.2, -0.15) is 5.10 Å². The van der Waals surface area contributed by atoms with Crippen molar-refractivity contribution in [3.8, 4) is 0 Å². The number of esters is 1. The van der Waals surface area contributed by atoms with E-state index in [4.69, 9.17) is 4.74 Å². The molecule has 2 aromatic carbocycles. The number of aryl methyl sites for hydroxylation is 1. The van der Waals surface area contributed by atoms with Crippen LogP contribution in [0.5, 0.6) is 0 Å². The number of carbonyl (C=O) groups excluding carboxylic acids is 2. The normalized spacial score (nSPS) is 11.1.